The number of ether oxygens (including phenoxy) is 1. The lowest BCUT2D eigenvalue weighted by Crippen LogP contribution is -2.49. The summed E-state index contributed by atoms with van der Waals surface area (Å²) in [6.45, 7) is 3.56. The normalized spacial score (nSPS) is 19.4. The molecule has 0 bridgehead atoms. The monoisotopic (exact) mass is 340 g/mol. The Morgan fingerprint density at radius 1 is 1.45 bits per heavy atom. The van der Waals surface area contributed by atoms with Crippen LogP contribution in [0.25, 0.3) is 0 Å². The van der Waals surface area contributed by atoms with Crippen molar-refractivity contribution >= 4 is 21.8 Å². The van der Waals surface area contributed by atoms with Crippen LogP contribution in [0.5, 0.6) is 0 Å². The highest BCUT2D eigenvalue weighted by Crippen LogP contribution is 2.31. The molecule has 3 N–H and O–H groups in total. The quantitative estimate of drug-likeness (QED) is 0.884. The van der Waals surface area contributed by atoms with Crippen molar-refractivity contribution < 1.29 is 9.53 Å². The van der Waals surface area contributed by atoms with E-state index in [9.17, 15) is 4.79 Å². The summed E-state index contributed by atoms with van der Waals surface area (Å²) in [6.07, 6.45) is 1.38. The van der Waals surface area contributed by atoms with E-state index in [1.54, 1.807) is 0 Å². The van der Waals surface area contributed by atoms with Gasteiger partial charge in [0.15, 0.2) is 0 Å². The molecule has 5 heteroatoms. The Kier molecular flexibility index (Phi) is 5.18. The number of halogens is 1. The second-order valence-electron chi connectivity index (χ2n) is 5.31. The Balaban J connectivity index is 2.08. The second-order valence-corrected chi connectivity index (χ2v) is 6.17. The standard InChI is InChI=1S/C15H21BrN2O2/c1-11(12-4-2-3-5-13(12)16)18-14(19)15(10-17)6-8-20-9-7-15/h2-5,11H,6-10,17H2,1H3,(H,18,19)/t11-/m1/s1. The summed E-state index contributed by atoms with van der Waals surface area (Å²) < 4.78 is 6.34. The van der Waals surface area contributed by atoms with Crippen LogP contribution in [0.2, 0.25) is 0 Å². The first-order valence-corrected chi connectivity index (χ1v) is 7.71. The van der Waals surface area contributed by atoms with Gasteiger partial charge in [0.05, 0.1) is 11.5 Å². The summed E-state index contributed by atoms with van der Waals surface area (Å²) >= 11 is 3.52. The summed E-state index contributed by atoms with van der Waals surface area (Å²) in [5.41, 5.74) is 6.45. The van der Waals surface area contributed by atoms with Crippen molar-refractivity contribution in [3.8, 4) is 0 Å². The second kappa shape index (κ2) is 6.70. The molecule has 1 aromatic rings. The van der Waals surface area contributed by atoms with Gasteiger partial charge in [0.25, 0.3) is 0 Å². The Labute approximate surface area is 128 Å². The number of nitrogens with one attached hydrogen (secondary N) is 1. The molecule has 0 aliphatic carbocycles. The average molecular weight is 341 g/mol. The number of benzene rings is 1. The minimum atomic E-state index is -0.478. The molecule has 0 aromatic heterocycles. The molecule has 1 heterocycles. The Morgan fingerprint density at radius 3 is 2.70 bits per heavy atom. The van der Waals surface area contributed by atoms with E-state index in [1.165, 1.54) is 0 Å². The number of rotatable bonds is 4. The van der Waals surface area contributed by atoms with Crippen LogP contribution in [0, 0.1) is 5.41 Å². The van der Waals surface area contributed by atoms with Crippen molar-refractivity contribution in [1.82, 2.24) is 5.32 Å². The lowest BCUT2D eigenvalue weighted by atomic mass is 9.79. The van der Waals surface area contributed by atoms with Gasteiger partial charge < -0.3 is 15.8 Å². The van der Waals surface area contributed by atoms with Crippen LogP contribution in [0.1, 0.15) is 31.4 Å². The molecule has 1 atom stereocenters. The van der Waals surface area contributed by atoms with Gasteiger partial charge in [-0.2, -0.15) is 0 Å². The summed E-state index contributed by atoms with van der Waals surface area (Å²) in [5, 5.41) is 3.09. The average Bonchev–Trinajstić information content (AvgIpc) is 2.48. The number of amides is 1. The summed E-state index contributed by atoms with van der Waals surface area (Å²) in [7, 11) is 0. The van der Waals surface area contributed by atoms with E-state index in [4.69, 9.17) is 10.5 Å². The minimum absolute atomic E-state index is 0.0338. The van der Waals surface area contributed by atoms with Crippen LogP contribution in [-0.2, 0) is 9.53 Å². The van der Waals surface area contributed by atoms with Gasteiger partial charge in [-0.3, -0.25) is 4.79 Å². The lowest BCUT2D eigenvalue weighted by molar-refractivity contribution is -0.136. The van der Waals surface area contributed by atoms with E-state index in [1.807, 2.05) is 31.2 Å². The fraction of sp³-hybridized carbons (Fsp3) is 0.533. The number of hydrogen-bond acceptors (Lipinski definition) is 3. The van der Waals surface area contributed by atoms with Crippen LogP contribution in [0.4, 0.5) is 0 Å². The molecule has 0 unspecified atom stereocenters. The molecular formula is C15H21BrN2O2. The predicted molar refractivity (Wildman–Crippen MR) is 82.2 cm³/mol. The molecule has 1 fully saturated rings. The van der Waals surface area contributed by atoms with Gasteiger partial charge in [0.2, 0.25) is 5.91 Å². The SMILES string of the molecule is C[C@@H](NC(=O)C1(CN)CCOCC1)c1ccccc1Br. The van der Waals surface area contributed by atoms with Crippen molar-refractivity contribution in [3.63, 3.8) is 0 Å². The Bertz CT molecular complexity index is 473. The number of nitrogens with two attached hydrogens (primary N) is 1. The number of carbonyl (C=O) groups is 1. The van der Waals surface area contributed by atoms with E-state index in [2.05, 4.69) is 21.2 Å². The molecule has 1 saturated heterocycles. The lowest BCUT2D eigenvalue weighted by Gasteiger charge is -2.35. The highest BCUT2D eigenvalue weighted by atomic mass is 79.9. The van der Waals surface area contributed by atoms with E-state index < -0.39 is 5.41 Å². The zero-order valence-electron chi connectivity index (χ0n) is 11.7. The summed E-state index contributed by atoms with van der Waals surface area (Å²) in [6, 6.07) is 7.86. The molecule has 110 valence electrons. The zero-order chi connectivity index (χ0) is 14.6. The van der Waals surface area contributed by atoms with Gasteiger partial charge in [0.1, 0.15) is 0 Å². The summed E-state index contributed by atoms with van der Waals surface area (Å²) in [4.78, 5) is 12.6. The molecule has 0 spiro atoms. The van der Waals surface area contributed by atoms with Crippen molar-refractivity contribution in [2.75, 3.05) is 19.8 Å². The maximum absolute atomic E-state index is 12.6. The molecular weight excluding hydrogens is 320 g/mol. The van der Waals surface area contributed by atoms with Gasteiger partial charge in [-0.25, -0.2) is 0 Å². The molecule has 1 aromatic carbocycles. The summed E-state index contributed by atoms with van der Waals surface area (Å²) in [5.74, 6) is 0.0338. The maximum atomic E-state index is 12.6. The molecule has 1 aliphatic heterocycles. The van der Waals surface area contributed by atoms with Crippen LogP contribution < -0.4 is 11.1 Å². The maximum Gasteiger partial charge on any atom is 0.228 e. The third-order valence-electron chi connectivity index (χ3n) is 4.04. The van der Waals surface area contributed by atoms with Crippen LogP contribution in [0.3, 0.4) is 0 Å². The molecule has 20 heavy (non-hydrogen) atoms. The van der Waals surface area contributed by atoms with Gasteiger partial charge in [-0.15, -0.1) is 0 Å². The predicted octanol–water partition coefficient (Wildman–Crippen LogP) is 2.38. The highest BCUT2D eigenvalue weighted by molar-refractivity contribution is 9.10. The minimum Gasteiger partial charge on any atom is -0.381 e. The molecule has 1 aliphatic rings. The number of carbonyl (C=O) groups excluding carboxylic acids is 1. The first-order valence-electron chi connectivity index (χ1n) is 6.92. The molecule has 2 rings (SSSR count). The van der Waals surface area contributed by atoms with Crippen LogP contribution in [-0.4, -0.2) is 25.7 Å². The van der Waals surface area contributed by atoms with Crippen molar-refractivity contribution in [2.24, 2.45) is 11.1 Å². The first-order chi connectivity index (χ1) is 9.59. The van der Waals surface area contributed by atoms with Gasteiger partial charge in [-0.1, -0.05) is 34.1 Å². The Hall–Kier alpha value is -0.910. The highest BCUT2D eigenvalue weighted by Gasteiger charge is 2.39. The van der Waals surface area contributed by atoms with Crippen molar-refractivity contribution in [1.29, 1.82) is 0 Å². The van der Waals surface area contributed by atoms with E-state index in [0.717, 1.165) is 10.0 Å². The Morgan fingerprint density at radius 2 is 2.10 bits per heavy atom. The largest absolute Gasteiger partial charge is 0.381 e. The smallest absolute Gasteiger partial charge is 0.228 e. The van der Waals surface area contributed by atoms with Crippen molar-refractivity contribution in [3.05, 3.63) is 34.3 Å². The van der Waals surface area contributed by atoms with Gasteiger partial charge in [0, 0.05) is 24.2 Å². The zero-order valence-corrected chi connectivity index (χ0v) is 13.3. The molecule has 0 saturated carbocycles. The molecule has 0 radical (unpaired) electrons. The molecule has 1 amide bonds. The third kappa shape index (κ3) is 3.22. The van der Waals surface area contributed by atoms with E-state index in [0.29, 0.717) is 32.6 Å². The van der Waals surface area contributed by atoms with Crippen molar-refractivity contribution in [2.45, 2.75) is 25.8 Å². The topological polar surface area (TPSA) is 64.4 Å². The first kappa shape index (κ1) is 15.5. The van der Waals surface area contributed by atoms with E-state index in [-0.39, 0.29) is 11.9 Å². The van der Waals surface area contributed by atoms with Crippen LogP contribution >= 0.6 is 15.9 Å². The van der Waals surface area contributed by atoms with Crippen LogP contribution in [0.15, 0.2) is 28.7 Å². The van der Waals surface area contributed by atoms with Gasteiger partial charge in [-0.05, 0) is 31.4 Å². The fourth-order valence-electron chi connectivity index (χ4n) is 2.54. The fourth-order valence-corrected chi connectivity index (χ4v) is 3.17. The number of hydrogen-bond donors (Lipinski definition) is 2. The van der Waals surface area contributed by atoms with E-state index >= 15 is 0 Å². The molecule has 4 nitrogen and oxygen atoms in total. The third-order valence-corrected chi connectivity index (χ3v) is 4.76. The van der Waals surface area contributed by atoms with Gasteiger partial charge >= 0.3 is 0 Å².